The van der Waals surface area contributed by atoms with Crippen molar-refractivity contribution >= 4 is 0 Å². The summed E-state index contributed by atoms with van der Waals surface area (Å²) in [5.41, 5.74) is 0.219. The quantitative estimate of drug-likeness (QED) is 0.738. The Morgan fingerprint density at radius 2 is 2.25 bits per heavy atom. The molecule has 1 unspecified atom stereocenters. The number of nitrogens with zero attached hydrogens (tertiary/aromatic N) is 2. The van der Waals surface area contributed by atoms with Crippen LogP contribution in [0.2, 0.25) is 0 Å². The second-order valence-corrected chi connectivity index (χ2v) is 4.44. The molecule has 0 aromatic rings. The third-order valence-corrected chi connectivity index (χ3v) is 3.57. The van der Waals surface area contributed by atoms with Gasteiger partial charge < -0.3 is 4.74 Å². The minimum absolute atomic E-state index is 0.219. The average molecular weight is 224 g/mol. The summed E-state index contributed by atoms with van der Waals surface area (Å²) in [6.07, 6.45) is 3.50. The maximum Gasteiger partial charge on any atom is 0.0670 e. The van der Waals surface area contributed by atoms with Crippen molar-refractivity contribution in [3.05, 3.63) is 0 Å². The molecule has 0 aromatic heterocycles. The van der Waals surface area contributed by atoms with Gasteiger partial charge in [-0.15, -0.1) is 0 Å². The van der Waals surface area contributed by atoms with Crippen molar-refractivity contribution in [3.63, 3.8) is 0 Å². The van der Waals surface area contributed by atoms with E-state index in [0.717, 1.165) is 32.7 Å². The highest BCUT2D eigenvalue weighted by Crippen LogP contribution is 2.41. The van der Waals surface area contributed by atoms with E-state index >= 15 is 0 Å². The summed E-state index contributed by atoms with van der Waals surface area (Å²) < 4.78 is 5.56. The molecule has 0 N–H and O–H groups in total. The molecule has 0 bridgehead atoms. The maximum absolute atomic E-state index is 8.94. The van der Waals surface area contributed by atoms with Crippen LogP contribution >= 0.6 is 0 Å². The second-order valence-electron chi connectivity index (χ2n) is 4.44. The second kappa shape index (κ2) is 6.22. The summed E-state index contributed by atoms with van der Waals surface area (Å²) in [4.78, 5) is 2.47. The zero-order valence-electron chi connectivity index (χ0n) is 10.8. The molecule has 0 saturated carbocycles. The van der Waals surface area contributed by atoms with E-state index in [-0.39, 0.29) is 11.5 Å². The molecule has 2 rings (SSSR count). The van der Waals surface area contributed by atoms with Crippen molar-refractivity contribution in [1.82, 2.24) is 4.90 Å². The minimum Gasteiger partial charge on any atom is -0.380 e. The lowest BCUT2D eigenvalue weighted by atomic mass is 9.91. The van der Waals surface area contributed by atoms with Crippen molar-refractivity contribution < 1.29 is 4.74 Å². The molecule has 92 valence electrons. The number of fused-ring (bicyclic) bond motifs is 1. The van der Waals surface area contributed by atoms with Gasteiger partial charge in [-0.25, -0.2) is 0 Å². The number of hydrogen-bond donors (Lipinski definition) is 0. The molecule has 0 aromatic carbocycles. The Morgan fingerprint density at radius 1 is 1.50 bits per heavy atom. The van der Waals surface area contributed by atoms with Gasteiger partial charge in [0.1, 0.15) is 0 Å². The summed E-state index contributed by atoms with van der Waals surface area (Å²) in [5, 5.41) is 8.94. The summed E-state index contributed by atoms with van der Waals surface area (Å²) in [6, 6.07) is 2.40. The molecule has 2 atom stereocenters. The van der Waals surface area contributed by atoms with Gasteiger partial charge in [0.05, 0.1) is 18.6 Å². The lowest BCUT2D eigenvalue weighted by molar-refractivity contribution is 0.0416. The molecular formula is C13H24N2O. The lowest BCUT2D eigenvalue weighted by Crippen LogP contribution is -2.42. The molecular weight excluding hydrogens is 200 g/mol. The Kier molecular flexibility index (Phi) is 5.24. The fraction of sp³-hybridized carbons (Fsp3) is 0.923. The third-order valence-electron chi connectivity index (χ3n) is 3.57. The Labute approximate surface area is 99.4 Å². The van der Waals surface area contributed by atoms with Crippen LogP contribution in [-0.2, 0) is 4.74 Å². The summed E-state index contributed by atoms with van der Waals surface area (Å²) in [6.45, 7) is 9.76. The molecule has 0 spiro atoms. The van der Waals surface area contributed by atoms with Crippen LogP contribution in [-0.4, -0.2) is 36.7 Å². The highest BCUT2D eigenvalue weighted by Gasteiger charge is 2.48. The Hall–Kier alpha value is -0.590. The SMILES string of the molecule is CC.CCOC[C@@]12CCCN1CC(C#N)C2. The van der Waals surface area contributed by atoms with Crippen molar-refractivity contribution in [1.29, 1.82) is 5.26 Å². The molecule has 0 amide bonds. The molecule has 0 radical (unpaired) electrons. The van der Waals surface area contributed by atoms with E-state index in [2.05, 4.69) is 11.0 Å². The van der Waals surface area contributed by atoms with E-state index in [1.807, 2.05) is 20.8 Å². The number of rotatable bonds is 3. The first kappa shape index (κ1) is 13.5. The normalized spacial score (nSPS) is 32.8. The predicted octanol–water partition coefficient (Wildman–Crippen LogP) is 2.43. The molecule has 2 aliphatic rings. The minimum atomic E-state index is 0.219. The first-order valence-corrected chi connectivity index (χ1v) is 6.53. The first-order valence-electron chi connectivity index (χ1n) is 6.53. The van der Waals surface area contributed by atoms with E-state index in [4.69, 9.17) is 10.00 Å². The molecule has 3 heteroatoms. The summed E-state index contributed by atoms with van der Waals surface area (Å²) in [5.74, 6) is 0.232. The molecule has 3 nitrogen and oxygen atoms in total. The van der Waals surface area contributed by atoms with Gasteiger partial charge in [0.25, 0.3) is 0 Å². The molecule has 16 heavy (non-hydrogen) atoms. The Morgan fingerprint density at radius 3 is 2.88 bits per heavy atom. The van der Waals surface area contributed by atoms with Gasteiger partial charge in [-0.05, 0) is 32.7 Å². The van der Waals surface area contributed by atoms with Gasteiger partial charge in [-0.2, -0.15) is 5.26 Å². The van der Waals surface area contributed by atoms with Crippen LogP contribution in [0.25, 0.3) is 0 Å². The van der Waals surface area contributed by atoms with E-state index < -0.39 is 0 Å². The van der Waals surface area contributed by atoms with Crippen LogP contribution in [0.15, 0.2) is 0 Å². The van der Waals surface area contributed by atoms with Crippen molar-refractivity contribution in [3.8, 4) is 6.07 Å². The molecule has 2 saturated heterocycles. The molecule has 2 heterocycles. The van der Waals surface area contributed by atoms with Crippen LogP contribution < -0.4 is 0 Å². The standard InChI is InChI=1S/C11H18N2O.C2H6/c1-2-14-9-11-4-3-5-13(11)8-10(6-11)7-12;1-2/h10H,2-6,8-9H2,1H3;1-2H3/t10?,11-;/m0./s1. The Bertz CT molecular complexity index is 249. The highest BCUT2D eigenvalue weighted by atomic mass is 16.5. The van der Waals surface area contributed by atoms with Gasteiger partial charge in [0, 0.05) is 18.7 Å². The van der Waals surface area contributed by atoms with Crippen molar-refractivity contribution in [2.75, 3.05) is 26.3 Å². The van der Waals surface area contributed by atoms with Gasteiger partial charge in [-0.3, -0.25) is 4.90 Å². The van der Waals surface area contributed by atoms with Crippen molar-refractivity contribution in [2.45, 2.75) is 45.6 Å². The monoisotopic (exact) mass is 224 g/mol. The fourth-order valence-corrected chi connectivity index (χ4v) is 2.90. The third kappa shape index (κ3) is 2.56. The van der Waals surface area contributed by atoms with Gasteiger partial charge in [0.2, 0.25) is 0 Å². The number of ether oxygens (including phenoxy) is 1. The predicted molar refractivity (Wildman–Crippen MR) is 65.1 cm³/mol. The van der Waals surface area contributed by atoms with E-state index in [1.165, 1.54) is 12.8 Å². The van der Waals surface area contributed by atoms with Gasteiger partial charge >= 0.3 is 0 Å². The molecule has 2 fully saturated rings. The zero-order valence-corrected chi connectivity index (χ0v) is 10.8. The molecule has 2 aliphatic heterocycles. The van der Waals surface area contributed by atoms with E-state index in [0.29, 0.717) is 0 Å². The average Bonchev–Trinajstić information content (AvgIpc) is 2.85. The summed E-state index contributed by atoms with van der Waals surface area (Å²) in [7, 11) is 0. The largest absolute Gasteiger partial charge is 0.380 e. The van der Waals surface area contributed by atoms with Crippen LogP contribution in [0.1, 0.15) is 40.0 Å². The fourth-order valence-electron chi connectivity index (χ4n) is 2.90. The highest BCUT2D eigenvalue weighted by molar-refractivity contribution is 5.08. The van der Waals surface area contributed by atoms with Crippen LogP contribution in [0, 0.1) is 17.2 Å². The molecule has 0 aliphatic carbocycles. The van der Waals surface area contributed by atoms with Crippen LogP contribution in [0.3, 0.4) is 0 Å². The van der Waals surface area contributed by atoms with Gasteiger partial charge in [-0.1, -0.05) is 13.8 Å². The van der Waals surface area contributed by atoms with Gasteiger partial charge in [0.15, 0.2) is 0 Å². The lowest BCUT2D eigenvalue weighted by Gasteiger charge is -2.31. The number of hydrogen-bond acceptors (Lipinski definition) is 3. The zero-order chi connectivity index (χ0) is 12.0. The van der Waals surface area contributed by atoms with Crippen LogP contribution in [0.4, 0.5) is 0 Å². The Balaban J connectivity index is 0.000000606. The van der Waals surface area contributed by atoms with Crippen LogP contribution in [0.5, 0.6) is 0 Å². The van der Waals surface area contributed by atoms with Crippen molar-refractivity contribution in [2.24, 2.45) is 5.92 Å². The summed E-state index contributed by atoms with van der Waals surface area (Å²) >= 11 is 0. The number of nitriles is 1. The first-order chi connectivity index (χ1) is 7.80. The maximum atomic E-state index is 8.94. The topological polar surface area (TPSA) is 36.3 Å². The van der Waals surface area contributed by atoms with E-state index in [9.17, 15) is 0 Å². The smallest absolute Gasteiger partial charge is 0.0670 e. The van der Waals surface area contributed by atoms with E-state index in [1.54, 1.807) is 0 Å².